The fourth-order valence-electron chi connectivity index (χ4n) is 3.54. The predicted octanol–water partition coefficient (Wildman–Crippen LogP) is 7.63. The van der Waals surface area contributed by atoms with Crippen LogP contribution < -0.4 is 4.90 Å². The van der Waals surface area contributed by atoms with Crippen molar-refractivity contribution in [1.29, 1.82) is 0 Å². The highest BCUT2D eigenvalue weighted by Gasteiger charge is 2.15. The number of anilines is 3. The molecule has 2 heterocycles. The summed E-state index contributed by atoms with van der Waals surface area (Å²) in [6.07, 6.45) is 3.92. The van der Waals surface area contributed by atoms with Crippen LogP contribution in [0.5, 0.6) is 0 Å². The molecule has 0 atom stereocenters. The second kappa shape index (κ2) is 8.39. The average Bonchev–Trinajstić information content (AvgIpc) is 3.50. The molecule has 0 radical (unpaired) electrons. The molecule has 0 bridgehead atoms. The summed E-state index contributed by atoms with van der Waals surface area (Å²) in [6, 6.07) is 36.0. The van der Waals surface area contributed by atoms with Crippen molar-refractivity contribution in [3.63, 3.8) is 0 Å². The lowest BCUT2D eigenvalue weighted by Crippen LogP contribution is -2.10. The van der Waals surface area contributed by atoms with Crippen molar-refractivity contribution in [2.75, 3.05) is 4.90 Å². The molecule has 0 amide bonds. The zero-order valence-corrected chi connectivity index (χ0v) is 17.1. The van der Waals surface area contributed by atoms with Crippen molar-refractivity contribution in [3.05, 3.63) is 116 Å². The molecule has 3 aromatic carbocycles. The molecule has 0 fully saturated rings. The Morgan fingerprint density at radius 1 is 0.567 bits per heavy atom. The van der Waals surface area contributed by atoms with Crippen LogP contribution in [-0.2, 0) is 0 Å². The largest absolute Gasteiger partial charge is 0.356 e. The highest BCUT2D eigenvalue weighted by Crippen LogP contribution is 2.39. The molecule has 0 saturated heterocycles. The van der Waals surface area contributed by atoms with Crippen LogP contribution in [0.1, 0.15) is 0 Å². The van der Waals surface area contributed by atoms with Gasteiger partial charge in [-0.05, 0) is 65.7 Å². The van der Waals surface area contributed by atoms with E-state index < -0.39 is 0 Å². The van der Waals surface area contributed by atoms with Gasteiger partial charge in [0.1, 0.15) is 5.82 Å². The van der Waals surface area contributed by atoms with Crippen molar-refractivity contribution in [3.8, 4) is 11.1 Å². The smallest absolute Gasteiger partial charge is 0.114 e. The van der Waals surface area contributed by atoms with E-state index in [-0.39, 0.29) is 0 Å². The van der Waals surface area contributed by atoms with Gasteiger partial charge in [0.2, 0.25) is 0 Å². The van der Waals surface area contributed by atoms with Gasteiger partial charge in [0.25, 0.3) is 0 Å². The number of rotatable bonds is 6. The molecule has 30 heavy (non-hydrogen) atoms. The van der Waals surface area contributed by atoms with Crippen LogP contribution in [0.15, 0.2) is 125 Å². The minimum absolute atomic E-state index is 1.03. The van der Waals surface area contributed by atoms with Crippen LogP contribution in [0.3, 0.4) is 0 Å². The molecule has 3 nitrogen and oxygen atoms in total. The Morgan fingerprint density at radius 2 is 1.30 bits per heavy atom. The Hall–Kier alpha value is -3.63. The second-order valence-corrected chi connectivity index (χ2v) is 8.06. The Bertz CT molecular complexity index is 1200. The Morgan fingerprint density at radius 3 is 2.00 bits per heavy atom. The van der Waals surface area contributed by atoms with Gasteiger partial charge in [0, 0.05) is 28.7 Å². The molecule has 0 saturated carbocycles. The third kappa shape index (κ3) is 3.91. The Balaban J connectivity index is 1.67. The van der Waals surface area contributed by atoms with Crippen molar-refractivity contribution in [1.82, 2.24) is 9.97 Å². The van der Waals surface area contributed by atoms with Crippen LogP contribution in [0.2, 0.25) is 0 Å². The van der Waals surface area contributed by atoms with Gasteiger partial charge in [0.15, 0.2) is 0 Å². The number of H-pyrrole nitrogens is 2. The number of aromatic amines is 2. The van der Waals surface area contributed by atoms with Gasteiger partial charge >= 0.3 is 0 Å². The zero-order valence-electron chi connectivity index (χ0n) is 16.3. The monoisotopic (exact) mass is 407 g/mol. The third-order valence-electron chi connectivity index (χ3n) is 4.89. The van der Waals surface area contributed by atoms with Crippen LogP contribution >= 0.6 is 11.8 Å². The molecule has 0 aliphatic carbocycles. The van der Waals surface area contributed by atoms with Crippen molar-refractivity contribution in [2.24, 2.45) is 0 Å². The van der Waals surface area contributed by atoms with Gasteiger partial charge in [-0.3, -0.25) is 4.90 Å². The summed E-state index contributed by atoms with van der Waals surface area (Å²) in [6.45, 7) is 0. The van der Waals surface area contributed by atoms with E-state index >= 15 is 0 Å². The maximum atomic E-state index is 3.37. The highest BCUT2D eigenvalue weighted by atomic mass is 32.2. The van der Waals surface area contributed by atoms with Gasteiger partial charge in [-0.25, -0.2) is 0 Å². The molecule has 0 aliphatic rings. The van der Waals surface area contributed by atoms with E-state index in [1.165, 1.54) is 16.0 Å². The van der Waals surface area contributed by atoms with E-state index in [2.05, 4.69) is 99.8 Å². The van der Waals surface area contributed by atoms with E-state index in [0.29, 0.717) is 0 Å². The lowest BCUT2D eigenvalue weighted by Gasteiger charge is -2.25. The highest BCUT2D eigenvalue weighted by molar-refractivity contribution is 7.99. The molecule has 0 spiro atoms. The predicted molar refractivity (Wildman–Crippen MR) is 126 cm³/mol. The molecule has 5 rings (SSSR count). The summed E-state index contributed by atoms with van der Waals surface area (Å²) in [5, 5.41) is 1.12. The summed E-state index contributed by atoms with van der Waals surface area (Å²) in [5.74, 6) is 1.03. The van der Waals surface area contributed by atoms with Gasteiger partial charge in [-0.2, -0.15) is 0 Å². The van der Waals surface area contributed by atoms with Crippen molar-refractivity contribution in [2.45, 2.75) is 9.92 Å². The summed E-state index contributed by atoms with van der Waals surface area (Å²) >= 11 is 1.73. The number of hydrogen-bond acceptors (Lipinski definition) is 2. The first kappa shape index (κ1) is 18.4. The first-order valence-electron chi connectivity index (χ1n) is 9.87. The van der Waals surface area contributed by atoms with Crippen LogP contribution in [-0.4, -0.2) is 9.97 Å². The molecular formula is C26H21N3S. The Labute approximate surface area is 180 Å². The quantitative estimate of drug-likeness (QED) is 0.303. The number of nitrogens with one attached hydrogen (secondary N) is 2. The molecule has 0 aliphatic heterocycles. The number of aromatic nitrogens is 2. The van der Waals surface area contributed by atoms with Gasteiger partial charge in [-0.15, -0.1) is 0 Å². The number of para-hydroxylation sites is 1. The Kier molecular flexibility index (Phi) is 5.15. The molecule has 2 N–H and O–H groups in total. The summed E-state index contributed by atoms with van der Waals surface area (Å²) in [7, 11) is 0. The normalized spacial score (nSPS) is 10.8. The van der Waals surface area contributed by atoms with Gasteiger partial charge in [-0.1, -0.05) is 60.3 Å². The summed E-state index contributed by atoms with van der Waals surface area (Å²) in [4.78, 5) is 10.1. The van der Waals surface area contributed by atoms with Gasteiger partial charge < -0.3 is 9.97 Å². The van der Waals surface area contributed by atoms with Crippen molar-refractivity contribution < 1.29 is 0 Å². The maximum absolute atomic E-state index is 3.37. The van der Waals surface area contributed by atoms with E-state index in [1.54, 1.807) is 11.8 Å². The summed E-state index contributed by atoms with van der Waals surface area (Å²) < 4.78 is 0. The molecule has 2 aromatic heterocycles. The first-order chi connectivity index (χ1) is 14.9. The minimum Gasteiger partial charge on any atom is -0.356 e. The number of nitrogens with zero attached hydrogens (tertiary/aromatic N) is 1. The van der Waals surface area contributed by atoms with E-state index in [0.717, 1.165) is 22.2 Å². The topological polar surface area (TPSA) is 34.8 Å². The average molecular weight is 408 g/mol. The van der Waals surface area contributed by atoms with Crippen LogP contribution in [0.25, 0.3) is 11.1 Å². The van der Waals surface area contributed by atoms with Crippen molar-refractivity contribution >= 4 is 29.0 Å². The number of benzene rings is 3. The first-order valence-corrected chi connectivity index (χ1v) is 10.7. The molecular weight excluding hydrogens is 386 g/mol. The maximum Gasteiger partial charge on any atom is 0.114 e. The lowest BCUT2D eigenvalue weighted by atomic mass is 10.0. The molecule has 4 heteroatoms. The fourth-order valence-corrected chi connectivity index (χ4v) is 4.43. The number of hydrogen-bond donors (Lipinski definition) is 2. The molecule has 0 unspecified atom stereocenters. The summed E-state index contributed by atoms with van der Waals surface area (Å²) in [5.41, 5.74) is 4.61. The van der Waals surface area contributed by atoms with Crippen LogP contribution in [0.4, 0.5) is 17.2 Å². The van der Waals surface area contributed by atoms with E-state index in [4.69, 9.17) is 0 Å². The molecule has 146 valence electrons. The van der Waals surface area contributed by atoms with E-state index in [9.17, 15) is 0 Å². The second-order valence-electron chi connectivity index (χ2n) is 6.94. The minimum atomic E-state index is 1.03. The standard InChI is InChI=1S/C26H21N3S/c1-3-9-20(10-4-1)21-17-23(19-24(18-21)30-26-14-8-16-28-26)29(25-13-7-15-27-25)22-11-5-2-6-12-22/h1-19,27-28H. The fraction of sp³-hybridized carbons (Fsp3) is 0. The zero-order chi connectivity index (χ0) is 20.2. The van der Waals surface area contributed by atoms with E-state index in [1.807, 2.05) is 30.6 Å². The SMILES string of the molecule is c1ccc(-c2cc(Sc3ccc[nH]3)cc(N(c3ccccc3)c3ccc[nH]3)c2)cc1. The van der Waals surface area contributed by atoms with Gasteiger partial charge in [0.05, 0.1) is 5.03 Å². The lowest BCUT2D eigenvalue weighted by molar-refractivity contribution is 1.19. The van der Waals surface area contributed by atoms with Crippen LogP contribution in [0, 0.1) is 0 Å². The third-order valence-corrected chi connectivity index (χ3v) is 5.84. The molecule has 5 aromatic rings.